The lowest BCUT2D eigenvalue weighted by molar-refractivity contribution is -0.159. The Bertz CT molecular complexity index is 871. The lowest BCUT2D eigenvalue weighted by Crippen LogP contribution is -2.55. The molecule has 0 N–H and O–H groups in total. The van der Waals surface area contributed by atoms with Crippen LogP contribution < -0.4 is 0 Å². The number of piperidine rings is 1. The summed E-state index contributed by atoms with van der Waals surface area (Å²) >= 11 is 0. The molecular weight excluding hydrogens is 362 g/mol. The van der Waals surface area contributed by atoms with Gasteiger partial charge >= 0.3 is 0 Å². The molecule has 0 spiro atoms. The van der Waals surface area contributed by atoms with Crippen LogP contribution in [-0.2, 0) is 4.79 Å². The Morgan fingerprint density at radius 2 is 1.72 bits per heavy atom. The molecule has 2 heterocycles. The Hall–Kier alpha value is -2.17. The monoisotopic (exact) mass is 391 g/mol. The second kappa shape index (κ2) is 6.68. The van der Waals surface area contributed by atoms with Gasteiger partial charge in [0, 0.05) is 18.7 Å². The van der Waals surface area contributed by atoms with Crippen LogP contribution in [0.5, 0.6) is 0 Å². The number of aromatic nitrogens is 2. The molecule has 1 saturated heterocycles. The number of amides is 1. The molecule has 4 saturated carbocycles. The summed E-state index contributed by atoms with van der Waals surface area (Å²) < 4.78 is 5.64. The van der Waals surface area contributed by atoms with Crippen molar-refractivity contribution < 1.29 is 9.32 Å². The minimum absolute atomic E-state index is 0.0549. The predicted octanol–water partition coefficient (Wildman–Crippen LogP) is 4.66. The van der Waals surface area contributed by atoms with Crippen LogP contribution in [0.15, 0.2) is 34.9 Å². The Morgan fingerprint density at radius 3 is 2.41 bits per heavy atom. The van der Waals surface area contributed by atoms with Crippen molar-refractivity contribution >= 4 is 5.91 Å². The first-order chi connectivity index (χ1) is 14.2. The van der Waals surface area contributed by atoms with Gasteiger partial charge in [0.05, 0.1) is 11.3 Å². The molecule has 5 heteroatoms. The molecule has 5 fully saturated rings. The number of likely N-dealkylation sites (tertiary alicyclic amines) is 1. The molecule has 1 aromatic heterocycles. The zero-order valence-corrected chi connectivity index (χ0v) is 16.9. The third-order valence-corrected chi connectivity index (χ3v) is 8.02. The molecule has 2 aromatic rings. The zero-order chi connectivity index (χ0) is 19.4. The normalized spacial score (nSPS) is 35.8. The van der Waals surface area contributed by atoms with Crippen LogP contribution in [0, 0.1) is 23.2 Å². The number of carbonyl (C=O) groups excluding carboxylic acids is 1. The standard InChI is InChI=1S/C24H29N3O2/c28-23(24-12-16-9-17(13-24)11-18(10-16)14-24)27-8-4-7-20(15-27)22-25-21(26-29-22)19-5-2-1-3-6-19/h1-3,5-6,16-18,20H,4,7-15H2/t16?,17?,18?,20-,24?/m0/s1. The molecule has 152 valence electrons. The Kier molecular flexibility index (Phi) is 4.07. The van der Waals surface area contributed by atoms with Gasteiger partial charge in [-0.05, 0) is 69.1 Å². The molecule has 1 aliphatic heterocycles. The molecular formula is C24H29N3O2. The molecule has 1 atom stereocenters. The van der Waals surface area contributed by atoms with Gasteiger partial charge in [-0.2, -0.15) is 4.98 Å². The Labute approximate surface area is 171 Å². The fraction of sp³-hybridized carbons (Fsp3) is 0.625. The highest BCUT2D eigenvalue weighted by Crippen LogP contribution is 2.60. The van der Waals surface area contributed by atoms with Crippen molar-refractivity contribution in [3.63, 3.8) is 0 Å². The quantitative estimate of drug-likeness (QED) is 0.764. The number of benzene rings is 1. The maximum absolute atomic E-state index is 13.7. The summed E-state index contributed by atoms with van der Waals surface area (Å²) in [5.74, 6) is 4.33. The molecule has 1 amide bonds. The molecule has 29 heavy (non-hydrogen) atoms. The summed E-state index contributed by atoms with van der Waals surface area (Å²) in [6, 6.07) is 9.95. The number of hydrogen-bond acceptors (Lipinski definition) is 4. The molecule has 4 bridgehead atoms. The van der Waals surface area contributed by atoms with Gasteiger partial charge in [0.25, 0.3) is 0 Å². The first kappa shape index (κ1) is 17.7. The number of nitrogens with zero attached hydrogens (tertiary/aromatic N) is 3. The average Bonchev–Trinajstić information content (AvgIpc) is 3.23. The van der Waals surface area contributed by atoms with Crippen molar-refractivity contribution in [1.29, 1.82) is 0 Å². The second-order valence-electron chi connectivity index (χ2n) is 10.1. The smallest absolute Gasteiger partial charge is 0.231 e. The predicted molar refractivity (Wildman–Crippen MR) is 109 cm³/mol. The van der Waals surface area contributed by atoms with Crippen molar-refractivity contribution in [3.8, 4) is 11.4 Å². The van der Waals surface area contributed by atoms with E-state index in [1.165, 1.54) is 19.3 Å². The van der Waals surface area contributed by atoms with Gasteiger partial charge in [-0.25, -0.2) is 0 Å². The van der Waals surface area contributed by atoms with Crippen molar-refractivity contribution in [2.24, 2.45) is 23.2 Å². The molecule has 4 aliphatic carbocycles. The third-order valence-electron chi connectivity index (χ3n) is 8.02. The van der Waals surface area contributed by atoms with E-state index in [1.54, 1.807) is 0 Å². The first-order valence-electron chi connectivity index (χ1n) is 11.4. The van der Waals surface area contributed by atoms with Crippen molar-refractivity contribution in [1.82, 2.24) is 15.0 Å². The van der Waals surface area contributed by atoms with E-state index < -0.39 is 0 Å². The van der Waals surface area contributed by atoms with Crippen LogP contribution in [0.1, 0.15) is 63.2 Å². The lowest BCUT2D eigenvalue weighted by atomic mass is 9.49. The van der Waals surface area contributed by atoms with E-state index in [0.717, 1.165) is 68.5 Å². The van der Waals surface area contributed by atoms with Gasteiger partial charge in [0.1, 0.15) is 0 Å². The van der Waals surface area contributed by atoms with Gasteiger partial charge in [-0.1, -0.05) is 35.5 Å². The number of hydrogen-bond donors (Lipinski definition) is 0. The summed E-state index contributed by atoms with van der Waals surface area (Å²) in [6.45, 7) is 1.62. The summed E-state index contributed by atoms with van der Waals surface area (Å²) in [7, 11) is 0. The van der Waals surface area contributed by atoms with Crippen molar-refractivity contribution in [3.05, 3.63) is 36.2 Å². The van der Waals surface area contributed by atoms with E-state index in [4.69, 9.17) is 4.52 Å². The minimum atomic E-state index is -0.0549. The van der Waals surface area contributed by atoms with E-state index >= 15 is 0 Å². The van der Waals surface area contributed by atoms with Crippen molar-refractivity contribution in [2.75, 3.05) is 13.1 Å². The largest absolute Gasteiger partial charge is 0.341 e. The van der Waals surface area contributed by atoms with Crippen LogP contribution in [0.25, 0.3) is 11.4 Å². The summed E-state index contributed by atoms with van der Waals surface area (Å²) in [6.07, 6.45) is 9.57. The highest BCUT2D eigenvalue weighted by atomic mass is 16.5. The highest BCUT2D eigenvalue weighted by molar-refractivity contribution is 5.83. The molecule has 7 rings (SSSR count). The van der Waals surface area contributed by atoms with E-state index in [9.17, 15) is 4.79 Å². The van der Waals surface area contributed by atoms with E-state index in [-0.39, 0.29) is 11.3 Å². The van der Waals surface area contributed by atoms with Gasteiger partial charge < -0.3 is 9.42 Å². The lowest BCUT2D eigenvalue weighted by Gasteiger charge is -2.57. The molecule has 5 aliphatic rings. The van der Waals surface area contributed by atoms with Gasteiger partial charge in [-0.3, -0.25) is 4.79 Å². The van der Waals surface area contributed by atoms with E-state index in [0.29, 0.717) is 17.6 Å². The Morgan fingerprint density at radius 1 is 1.03 bits per heavy atom. The van der Waals surface area contributed by atoms with E-state index in [1.807, 2.05) is 30.3 Å². The van der Waals surface area contributed by atoms with Gasteiger partial charge in [0.15, 0.2) is 0 Å². The fourth-order valence-electron chi connectivity index (χ4n) is 7.18. The molecule has 0 unspecified atom stereocenters. The fourth-order valence-corrected chi connectivity index (χ4v) is 7.18. The maximum Gasteiger partial charge on any atom is 0.231 e. The Balaban J connectivity index is 1.20. The maximum atomic E-state index is 13.7. The average molecular weight is 392 g/mol. The zero-order valence-electron chi connectivity index (χ0n) is 16.9. The van der Waals surface area contributed by atoms with Gasteiger partial charge in [-0.15, -0.1) is 0 Å². The summed E-state index contributed by atoms with van der Waals surface area (Å²) in [4.78, 5) is 20.5. The van der Waals surface area contributed by atoms with Crippen LogP contribution in [0.3, 0.4) is 0 Å². The van der Waals surface area contributed by atoms with Crippen molar-refractivity contribution in [2.45, 2.75) is 57.3 Å². The van der Waals surface area contributed by atoms with Crippen LogP contribution >= 0.6 is 0 Å². The summed E-state index contributed by atoms with van der Waals surface area (Å²) in [5, 5.41) is 4.20. The second-order valence-corrected chi connectivity index (χ2v) is 10.1. The van der Waals surface area contributed by atoms with E-state index in [2.05, 4.69) is 15.0 Å². The molecule has 5 nitrogen and oxygen atoms in total. The highest BCUT2D eigenvalue weighted by Gasteiger charge is 2.55. The van der Waals surface area contributed by atoms with Gasteiger partial charge in [0.2, 0.25) is 17.6 Å². The molecule has 0 radical (unpaired) electrons. The number of rotatable bonds is 3. The third kappa shape index (κ3) is 3.01. The molecule has 1 aromatic carbocycles. The van der Waals surface area contributed by atoms with Crippen LogP contribution in [0.2, 0.25) is 0 Å². The van der Waals surface area contributed by atoms with Crippen LogP contribution in [-0.4, -0.2) is 34.0 Å². The SMILES string of the molecule is O=C(N1CCC[C@H](c2nc(-c3ccccc3)no2)C1)C12CC3CC(CC(C3)C1)C2. The minimum Gasteiger partial charge on any atom is -0.341 e. The first-order valence-corrected chi connectivity index (χ1v) is 11.4. The van der Waals surface area contributed by atoms with Crippen LogP contribution in [0.4, 0.5) is 0 Å². The topological polar surface area (TPSA) is 59.2 Å². The summed E-state index contributed by atoms with van der Waals surface area (Å²) in [5.41, 5.74) is 0.917. The number of carbonyl (C=O) groups is 1.